The summed E-state index contributed by atoms with van der Waals surface area (Å²) < 4.78 is 27.7. The summed E-state index contributed by atoms with van der Waals surface area (Å²) in [5, 5.41) is 0.833. The van der Waals surface area contributed by atoms with Crippen LogP contribution < -0.4 is 4.31 Å². The first-order valence-corrected chi connectivity index (χ1v) is 11.3. The molecule has 0 bridgehead atoms. The van der Waals surface area contributed by atoms with Crippen molar-refractivity contribution in [2.45, 2.75) is 24.7 Å². The highest BCUT2D eigenvalue weighted by atomic mass is 35.5. The molecule has 1 heterocycles. The van der Waals surface area contributed by atoms with Crippen molar-refractivity contribution in [1.29, 1.82) is 0 Å². The zero-order valence-electron chi connectivity index (χ0n) is 15.5. The average molecular weight is 441 g/mol. The number of sulfonamides is 1. The number of anilines is 1. The van der Waals surface area contributed by atoms with Crippen LogP contribution in [0.2, 0.25) is 10.0 Å². The quantitative estimate of drug-likeness (QED) is 0.689. The van der Waals surface area contributed by atoms with Gasteiger partial charge >= 0.3 is 0 Å². The van der Waals surface area contributed by atoms with Crippen LogP contribution in [0.4, 0.5) is 5.69 Å². The lowest BCUT2D eigenvalue weighted by molar-refractivity contribution is -0.131. The second kappa shape index (κ2) is 8.72. The van der Waals surface area contributed by atoms with E-state index in [1.807, 2.05) is 0 Å². The van der Waals surface area contributed by atoms with Gasteiger partial charge in [-0.15, -0.1) is 0 Å². The number of rotatable bonds is 5. The van der Waals surface area contributed by atoms with E-state index in [-0.39, 0.29) is 17.3 Å². The van der Waals surface area contributed by atoms with Gasteiger partial charge in [0.05, 0.1) is 10.6 Å². The first-order chi connectivity index (χ1) is 13.3. The largest absolute Gasteiger partial charge is 0.341 e. The van der Waals surface area contributed by atoms with Gasteiger partial charge in [0, 0.05) is 23.1 Å². The summed E-state index contributed by atoms with van der Waals surface area (Å²) in [6.45, 7) is 3.10. The number of likely N-dealkylation sites (tertiary alicyclic amines) is 1. The van der Waals surface area contributed by atoms with E-state index in [0.29, 0.717) is 34.7 Å². The predicted molar refractivity (Wildman–Crippen MR) is 112 cm³/mol. The number of carbonyl (C=O) groups is 1. The van der Waals surface area contributed by atoms with Crippen molar-refractivity contribution in [3.63, 3.8) is 0 Å². The van der Waals surface area contributed by atoms with Gasteiger partial charge in [-0.3, -0.25) is 9.10 Å². The molecule has 1 amide bonds. The Morgan fingerprint density at radius 2 is 1.86 bits per heavy atom. The molecule has 2 aromatic rings. The van der Waals surface area contributed by atoms with E-state index in [0.717, 1.165) is 17.1 Å². The molecule has 8 heteroatoms. The predicted octanol–water partition coefficient (Wildman–Crippen LogP) is 4.45. The van der Waals surface area contributed by atoms with Gasteiger partial charge < -0.3 is 4.90 Å². The molecule has 1 fully saturated rings. The third-order valence-corrected chi connectivity index (χ3v) is 7.06. The van der Waals surface area contributed by atoms with Crippen LogP contribution >= 0.6 is 23.2 Å². The molecule has 28 heavy (non-hydrogen) atoms. The second-order valence-corrected chi connectivity index (χ2v) is 9.77. The Morgan fingerprint density at radius 3 is 2.50 bits per heavy atom. The highest BCUT2D eigenvalue weighted by Gasteiger charge is 2.30. The van der Waals surface area contributed by atoms with Crippen molar-refractivity contribution < 1.29 is 13.2 Å². The number of amides is 1. The third kappa shape index (κ3) is 4.80. The summed E-state index contributed by atoms with van der Waals surface area (Å²) in [5.41, 5.74) is 0.348. The molecule has 1 saturated heterocycles. The fourth-order valence-electron chi connectivity index (χ4n) is 3.32. The molecule has 0 N–H and O–H groups in total. The minimum Gasteiger partial charge on any atom is -0.341 e. The van der Waals surface area contributed by atoms with Gasteiger partial charge in [-0.25, -0.2) is 8.42 Å². The summed E-state index contributed by atoms with van der Waals surface area (Å²) in [5.74, 6) is 0.189. The van der Waals surface area contributed by atoms with E-state index in [1.54, 1.807) is 29.2 Å². The molecule has 1 atom stereocenters. The first-order valence-electron chi connectivity index (χ1n) is 9.09. The number of hydrogen-bond acceptors (Lipinski definition) is 3. The van der Waals surface area contributed by atoms with Crippen LogP contribution in [0.5, 0.6) is 0 Å². The van der Waals surface area contributed by atoms with Gasteiger partial charge in [0.15, 0.2) is 0 Å². The molecule has 2 aromatic carbocycles. The van der Waals surface area contributed by atoms with Gasteiger partial charge in [-0.05, 0) is 61.2 Å². The van der Waals surface area contributed by atoms with E-state index >= 15 is 0 Å². The molecule has 0 spiro atoms. The van der Waals surface area contributed by atoms with E-state index in [9.17, 15) is 13.2 Å². The molecule has 0 aromatic heterocycles. The number of nitrogens with zero attached hydrogens (tertiary/aromatic N) is 2. The van der Waals surface area contributed by atoms with E-state index < -0.39 is 10.0 Å². The molecule has 5 nitrogen and oxygen atoms in total. The number of benzene rings is 2. The topological polar surface area (TPSA) is 57.7 Å². The Bertz CT molecular complexity index is 948. The molecule has 0 radical (unpaired) electrons. The summed E-state index contributed by atoms with van der Waals surface area (Å²) in [6.07, 6.45) is 2.00. The van der Waals surface area contributed by atoms with Crippen molar-refractivity contribution in [2.75, 3.05) is 23.9 Å². The molecule has 0 aliphatic carbocycles. The van der Waals surface area contributed by atoms with Crippen LogP contribution in [-0.2, 0) is 14.8 Å². The van der Waals surface area contributed by atoms with E-state index in [4.69, 9.17) is 23.2 Å². The van der Waals surface area contributed by atoms with Gasteiger partial charge in [0.2, 0.25) is 5.91 Å². The molecular formula is C20H22Cl2N2O3S. The maximum atomic E-state index is 13.3. The number of piperidine rings is 1. The zero-order valence-corrected chi connectivity index (χ0v) is 17.8. The summed E-state index contributed by atoms with van der Waals surface area (Å²) in [4.78, 5) is 14.7. The first kappa shape index (κ1) is 21.0. The number of carbonyl (C=O) groups excluding carboxylic acids is 1. The lowest BCUT2D eigenvalue weighted by Gasteiger charge is -2.33. The highest BCUT2D eigenvalue weighted by Crippen LogP contribution is 2.27. The summed E-state index contributed by atoms with van der Waals surface area (Å²) in [7, 11) is -3.97. The zero-order chi connectivity index (χ0) is 20.3. The number of halogens is 2. The van der Waals surface area contributed by atoms with Crippen LogP contribution in [0, 0.1) is 5.92 Å². The third-order valence-electron chi connectivity index (χ3n) is 4.79. The van der Waals surface area contributed by atoms with Gasteiger partial charge in [0.25, 0.3) is 10.0 Å². The number of hydrogen-bond donors (Lipinski definition) is 0. The Balaban J connectivity index is 1.95. The minimum atomic E-state index is -3.97. The van der Waals surface area contributed by atoms with Crippen LogP contribution in [-0.4, -0.2) is 38.9 Å². The molecule has 0 saturated carbocycles. The summed E-state index contributed by atoms with van der Waals surface area (Å²) in [6, 6.07) is 12.4. The van der Waals surface area contributed by atoms with E-state index in [1.165, 1.54) is 24.3 Å². The van der Waals surface area contributed by atoms with E-state index in [2.05, 4.69) is 6.92 Å². The smallest absolute Gasteiger partial charge is 0.264 e. The van der Waals surface area contributed by atoms with Crippen LogP contribution in [0.3, 0.4) is 0 Å². The fraction of sp³-hybridized carbons (Fsp3) is 0.350. The van der Waals surface area contributed by atoms with Gasteiger partial charge in [0.1, 0.15) is 6.54 Å². The van der Waals surface area contributed by atoms with Gasteiger partial charge in [-0.1, -0.05) is 36.2 Å². The monoisotopic (exact) mass is 440 g/mol. The normalized spacial score (nSPS) is 17.4. The highest BCUT2D eigenvalue weighted by molar-refractivity contribution is 7.92. The lowest BCUT2D eigenvalue weighted by Crippen LogP contribution is -2.46. The maximum Gasteiger partial charge on any atom is 0.264 e. The molecule has 0 unspecified atom stereocenters. The SMILES string of the molecule is C[C@H]1CCCN(C(=O)CN(c2cccc(Cl)c2)S(=O)(=O)c2ccc(Cl)cc2)C1. The Hall–Kier alpha value is -1.76. The van der Waals surface area contributed by atoms with Crippen LogP contribution in [0.1, 0.15) is 19.8 Å². The average Bonchev–Trinajstić information content (AvgIpc) is 2.66. The Labute approximate surface area is 175 Å². The molecule has 1 aliphatic rings. The Kier molecular flexibility index (Phi) is 6.53. The van der Waals surface area contributed by atoms with Crippen LogP contribution in [0.15, 0.2) is 53.4 Å². The van der Waals surface area contributed by atoms with Crippen molar-refractivity contribution in [1.82, 2.24) is 4.90 Å². The second-order valence-electron chi connectivity index (χ2n) is 7.03. The Morgan fingerprint density at radius 1 is 1.14 bits per heavy atom. The van der Waals surface area contributed by atoms with Crippen molar-refractivity contribution in [2.24, 2.45) is 5.92 Å². The van der Waals surface area contributed by atoms with Crippen molar-refractivity contribution in [3.8, 4) is 0 Å². The van der Waals surface area contributed by atoms with Crippen molar-refractivity contribution >= 4 is 44.8 Å². The lowest BCUT2D eigenvalue weighted by atomic mass is 10.0. The molecular weight excluding hydrogens is 419 g/mol. The standard InChI is InChI=1S/C20H22Cl2N2O3S/c1-15-4-3-11-23(13-15)20(25)14-24(18-6-2-5-17(22)12-18)28(26,27)19-9-7-16(21)8-10-19/h2,5-10,12,15H,3-4,11,13-14H2,1H3/t15-/m0/s1. The van der Waals surface area contributed by atoms with Crippen LogP contribution in [0.25, 0.3) is 0 Å². The van der Waals surface area contributed by atoms with Gasteiger partial charge in [-0.2, -0.15) is 0 Å². The van der Waals surface area contributed by atoms with Crippen molar-refractivity contribution in [3.05, 3.63) is 58.6 Å². The fourth-order valence-corrected chi connectivity index (χ4v) is 5.04. The summed E-state index contributed by atoms with van der Waals surface area (Å²) >= 11 is 12.0. The molecule has 1 aliphatic heterocycles. The minimum absolute atomic E-state index is 0.0664. The maximum absolute atomic E-state index is 13.3. The molecule has 3 rings (SSSR count). The molecule has 150 valence electrons.